The summed E-state index contributed by atoms with van der Waals surface area (Å²) in [5.74, 6) is -0.522. The van der Waals surface area contributed by atoms with Gasteiger partial charge in [-0.1, -0.05) is 12.1 Å². The molecule has 1 aliphatic heterocycles. The molecular formula is C23H27N5O4S. The van der Waals surface area contributed by atoms with E-state index >= 15 is 0 Å². The third kappa shape index (κ3) is 6.61. The molecule has 0 unspecified atom stereocenters. The van der Waals surface area contributed by atoms with Gasteiger partial charge in [0.1, 0.15) is 0 Å². The lowest BCUT2D eigenvalue weighted by Crippen LogP contribution is -2.53. The molecule has 0 saturated carbocycles. The van der Waals surface area contributed by atoms with Gasteiger partial charge >= 0.3 is 0 Å². The number of piperazine rings is 1. The zero-order valence-corrected chi connectivity index (χ0v) is 19.4. The van der Waals surface area contributed by atoms with Crippen molar-refractivity contribution in [3.63, 3.8) is 0 Å². The van der Waals surface area contributed by atoms with Crippen LogP contribution < -0.4 is 10.0 Å². The Balaban J connectivity index is 1.52. The summed E-state index contributed by atoms with van der Waals surface area (Å²) in [5, 5.41) is 11.5. The van der Waals surface area contributed by atoms with Gasteiger partial charge in [-0.3, -0.25) is 14.5 Å². The molecule has 9 nitrogen and oxygen atoms in total. The largest absolute Gasteiger partial charge is 0.339 e. The molecule has 0 aliphatic carbocycles. The van der Waals surface area contributed by atoms with Crippen LogP contribution in [0.25, 0.3) is 0 Å². The number of hydrogen-bond donors (Lipinski definition) is 2. The summed E-state index contributed by atoms with van der Waals surface area (Å²) >= 11 is 0. The Kier molecular flexibility index (Phi) is 7.81. The van der Waals surface area contributed by atoms with E-state index in [2.05, 4.69) is 21.0 Å². The van der Waals surface area contributed by atoms with Gasteiger partial charge in [0.05, 0.1) is 22.6 Å². The van der Waals surface area contributed by atoms with E-state index < -0.39 is 16.1 Å². The number of carbonyl (C=O) groups is 2. The minimum Gasteiger partial charge on any atom is -0.339 e. The summed E-state index contributed by atoms with van der Waals surface area (Å²) in [6, 6.07) is 14.4. The molecule has 2 amide bonds. The number of nitriles is 1. The quantitative estimate of drug-likeness (QED) is 0.634. The Bertz CT molecular complexity index is 1130. The average molecular weight is 470 g/mol. The summed E-state index contributed by atoms with van der Waals surface area (Å²) in [4.78, 5) is 27.8. The van der Waals surface area contributed by atoms with E-state index in [0.29, 0.717) is 37.4 Å². The first-order valence-electron chi connectivity index (χ1n) is 10.6. The second kappa shape index (κ2) is 10.6. The highest BCUT2D eigenvalue weighted by Crippen LogP contribution is 2.15. The van der Waals surface area contributed by atoms with Crippen molar-refractivity contribution in [2.45, 2.75) is 31.3 Å². The topological polar surface area (TPSA) is 123 Å². The van der Waals surface area contributed by atoms with Crippen molar-refractivity contribution in [2.75, 3.05) is 31.5 Å². The summed E-state index contributed by atoms with van der Waals surface area (Å²) in [6.07, 6.45) is 0. The molecule has 174 valence electrons. The van der Waals surface area contributed by atoms with Crippen LogP contribution in [0.15, 0.2) is 53.4 Å². The summed E-state index contributed by atoms with van der Waals surface area (Å²) < 4.78 is 27.8. The van der Waals surface area contributed by atoms with E-state index in [1.54, 1.807) is 17.0 Å². The minimum atomic E-state index is -3.89. The third-order valence-electron chi connectivity index (χ3n) is 5.36. The molecule has 0 aromatic heterocycles. The second-order valence-corrected chi connectivity index (χ2v) is 9.67. The van der Waals surface area contributed by atoms with Gasteiger partial charge in [-0.05, 0) is 48.9 Å². The zero-order chi connectivity index (χ0) is 24.0. The Labute approximate surface area is 194 Å². The lowest BCUT2D eigenvalue weighted by Gasteiger charge is -2.36. The van der Waals surface area contributed by atoms with Gasteiger partial charge in [-0.2, -0.15) is 9.98 Å². The van der Waals surface area contributed by atoms with Gasteiger partial charge in [-0.25, -0.2) is 8.42 Å². The van der Waals surface area contributed by atoms with Gasteiger partial charge in [-0.15, -0.1) is 0 Å². The molecule has 0 radical (unpaired) electrons. The summed E-state index contributed by atoms with van der Waals surface area (Å²) in [5.41, 5.74) is 2.21. The van der Waals surface area contributed by atoms with Gasteiger partial charge in [0.25, 0.3) is 0 Å². The fraction of sp³-hybridized carbons (Fsp3) is 0.348. The number of nitrogens with zero attached hydrogens (tertiary/aromatic N) is 3. The first-order valence-corrected chi connectivity index (χ1v) is 12.1. The molecule has 1 atom stereocenters. The van der Waals surface area contributed by atoms with Crippen molar-refractivity contribution >= 4 is 27.5 Å². The molecule has 0 spiro atoms. The number of nitrogens with one attached hydrogen (secondary N) is 2. The van der Waals surface area contributed by atoms with Crippen LogP contribution in [0.3, 0.4) is 0 Å². The van der Waals surface area contributed by atoms with E-state index in [1.165, 1.54) is 38.1 Å². The third-order valence-corrected chi connectivity index (χ3v) is 6.92. The molecule has 1 aliphatic rings. The summed E-state index contributed by atoms with van der Waals surface area (Å²) in [6.45, 7) is 6.00. The van der Waals surface area contributed by atoms with Gasteiger partial charge in [0.2, 0.25) is 21.8 Å². The molecular weight excluding hydrogens is 442 g/mol. The van der Waals surface area contributed by atoms with Gasteiger partial charge in [0.15, 0.2) is 0 Å². The SMILES string of the molecule is CC(=O)Nc1ccc(S(=O)(=O)N[C@@H](C)C(=O)N2CCN(Cc3ccc(C#N)cc3)CC2)cc1. The average Bonchev–Trinajstić information content (AvgIpc) is 2.79. The number of hydrogen-bond acceptors (Lipinski definition) is 6. The number of benzene rings is 2. The molecule has 1 saturated heterocycles. The van der Waals surface area contributed by atoms with Crippen molar-refractivity contribution in [3.8, 4) is 6.07 Å². The molecule has 1 fully saturated rings. The highest BCUT2D eigenvalue weighted by Gasteiger charge is 2.28. The highest BCUT2D eigenvalue weighted by atomic mass is 32.2. The van der Waals surface area contributed by atoms with Crippen LogP contribution in [0.1, 0.15) is 25.0 Å². The van der Waals surface area contributed by atoms with Crippen LogP contribution in [0.4, 0.5) is 5.69 Å². The predicted octanol–water partition coefficient (Wildman–Crippen LogP) is 1.53. The highest BCUT2D eigenvalue weighted by molar-refractivity contribution is 7.89. The maximum absolute atomic E-state index is 12.8. The molecule has 2 N–H and O–H groups in total. The van der Waals surface area contributed by atoms with Crippen molar-refractivity contribution in [3.05, 3.63) is 59.7 Å². The van der Waals surface area contributed by atoms with E-state index in [9.17, 15) is 18.0 Å². The minimum absolute atomic E-state index is 0.0171. The first kappa shape index (κ1) is 24.4. The van der Waals surface area contributed by atoms with Gasteiger partial charge in [0, 0.05) is 45.3 Å². The van der Waals surface area contributed by atoms with Crippen LogP contribution in [0.5, 0.6) is 0 Å². The molecule has 1 heterocycles. The number of sulfonamides is 1. The molecule has 3 rings (SSSR count). The van der Waals surface area contributed by atoms with E-state index in [0.717, 1.165) is 12.1 Å². The molecule has 0 bridgehead atoms. The number of rotatable bonds is 7. The number of amides is 2. The van der Waals surface area contributed by atoms with Crippen LogP contribution in [0, 0.1) is 11.3 Å². The Morgan fingerprint density at radius 1 is 1.03 bits per heavy atom. The van der Waals surface area contributed by atoms with Crippen molar-refractivity contribution in [2.24, 2.45) is 0 Å². The van der Waals surface area contributed by atoms with Gasteiger partial charge < -0.3 is 10.2 Å². The van der Waals surface area contributed by atoms with Crippen molar-refractivity contribution < 1.29 is 18.0 Å². The maximum Gasteiger partial charge on any atom is 0.241 e. The fourth-order valence-corrected chi connectivity index (χ4v) is 4.81. The smallest absolute Gasteiger partial charge is 0.241 e. The molecule has 33 heavy (non-hydrogen) atoms. The van der Waals surface area contributed by atoms with E-state index in [-0.39, 0.29) is 16.7 Å². The molecule has 2 aromatic carbocycles. The monoisotopic (exact) mass is 469 g/mol. The van der Waals surface area contributed by atoms with Crippen molar-refractivity contribution in [1.82, 2.24) is 14.5 Å². The van der Waals surface area contributed by atoms with Crippen LogP contribution in [-0.4, -0.2) is 62.3 Å². The fourth-order valence-electron chi connectivity index (χ4n) is 3.61. The first-order chi connectivity index (χ1) is 15.7. The number of carbonyl (C=O) groups excluding carboxylic acids is 2. The van der Waals surface area contributed by atoms with E-state index in [1.807, 2.05) is 12.1 Å². The molecule has 2 aromatic rings. The Hall–Kier alpha value is -3.26. The summed E-state index contributed by atoms with van der Waals surface area (Å²) in [7, 11) is -3.89. The van der Waals surface area contributed by atoms with Crippen LogP contribution >= 0.6 is 0 Å². The zero-order valence-electron chi connectivity index (χ0n) is 18.6. The predicted molar refractivity (Wildman–Crippen MR) is 124 cm³/mol. The standard InChI is InChI=1S/C23H27N5O4S/c1-17(26-33(31,32)22-9-7-21(8-10-22)25-18(2)29)23(30)28-13-11-27(12-14-28)16-20-5-3-19(15-24)4-6-20/h3-10,17,26H,11-14,16H2,1-2H3,(H,25,29)/t17-/m0/s1. The van der Waals surface area contributed by atoms with E-state index in [4.69, 9.17) is 5.26 Å². The second-order valence-electron chi connectivity index (χ2n) is 7.96. The maximum atomic E-state index is 12.8. The van der Waals surface area contributed by atoms with Crippen molar-refractivity contribution in [1.29, 1.82) is 5.26 Å². The van der Waals surface area contributed by atoms with Crippen LogP contribution in [0.2, 0.25) is 0 Å². The Morgan fingerprint density at radius 3 is 2.18 bits per heavy atom. The van der Waals surface area contributed by atoms with Crippen LogP contribution in [-0.2, 0) is 26.2 Å². The normalized spacial score (nSPS) is 15.5. The lowest BCUT2D eigenvalue weighted by molar-refractivity contribution is -0.134. The lowest BCUT2D eigenvalue weighted by atomic mass is 10.1. The number of anilines is 1. The molecule has 10 heteroatoms. The Morgan fingerprint density at radius 2 is 1.64 bits per heavy atom.